The van der Waals surface area contributed by atoms with E-state index in [0.29, 0.717) is 0 Å². The Kier molecular flexibility index (Phi) is 9.47. The lowest BCUT2D eigenvalue weighted by molar-refractivity contribution is -0.342. The maximum atomic E-state index is 11.9. The molecule has 0 saturated carbocycles. The van der Waals surface area contributed by atoms with Crippen LogP contribution in [0, 0.1) is 0 Å². The van der Waals surface area contributed by atoms with E-state index >= 15 is 0 Å². The molecule has 2 fully saturated rings. The molecule has 0 aromatic rings. The van der Waals surface area contributed by atoms with Gasteiger partial charge < -0.3 is 70.0 Å². The summed E-state index contributed by atoms with van der Waals surface area (Å²) in [4.78, 5) is 34.4. The van der Waals surface area contributed by atoms with Crippen molar-refractivity contribution in [2.45, 2.75) is 73.2 Å². The molecule has 17 heteroatoms. The lowest BCUT2D eigenvalue weighted by atomic mass is 9.91. The zero-order valence-electron chi connectivity index (χ0n) is 18.0. The molecular formula is C18H28O17. The summed E-state index contributed by atoms with van der Waals surface area (Å²) in [6, 6.07) is 0. The largest absolute Gasteiger partial charge is 0.480 e. The molecule has 0 aromatic heterocycles. The highest BCUT2D eigenvalue weighted by molar-refractivity contribution is 5.77. The number of ether oxygens (including phenoxy) is 4. The van der Waals surface area contributed by atoms with Gasteiger partial charge in [0.1, 0.15) is 43.2 Å². The number of carbonyl (C=O) groups is 3. The predicted octanol–water partition coefficient (Wildman–Crippen LogP) is -5.60. The Morgan fingerprint density at radius 2 is 1.23 bits per heavy atom. The summed E-state index contributed by atoms with van der Waals surface area (Å²) in [6.07, 6.45) is -17.1. The Morgan fingerprint density at radius 1 is 0.800 bits per heavy atom. The average Bonchev–Trinajstić information content (AvgIpc) is 2.79. The van der Waals surface area contributed by atoms with Crippen molar-refractivity contribution in [1.29, 1.82) is 0 Å². The third-order valence-corrected chi connectivity index (χ3v) is 5.58. The number of aliphatic hydroxyl groups is 7. The van der Waals surface area contributed by atoms with Crippen LogP contribution in [0.1, 0.15) is 12.8 Å². The van der Waals surface area contributed by atoms with Crippen LogP contribution >= 0.6 is 0 Å². The fourth-order valence-electron chi connectivity index (χ4n) is 3.70. The summed E-state index contributed by atoms with van der Waals surface area (Å²) < 4.78 is 20.1. The molecule has 0 unspecified atom stereocenters. The molecule has 2 aliphatic heterocycles. The molecule has 17 nitrogen and oxygen atoms in total. The van der Waals surface area contributed by atoms with Crippen molar-refractivity contribution < 1.29 is 84.4 Å². The van der Waals surface area contributed by atoms with Crippen molar-refractivity contribution >= 4 is 17.9 Å². The van der Waals surface area contributed by atoms with Crippen LogP contribution in [0.25, 0.3) is 0 Å². The molecule has 0 spiro atoms. The monoisotopic (exact) mass is 516 g/mol. The molecule has 10 atom stereocenters. The first kappa shape index (κ1) is 29.2. The van der Waals surface area contributed by atoms with Gasteiger partial charge in [-0.15, -0.1) is 0 Å². The highest BCUT2D eigenvalue weighted by Gasteiger charge is 2.57. The number of carboxylic acid groups (broad SMARTS) is 3. The van der Waals surface area contributed by atoms with Crippen LogP contribution in [0.5, 0.6) is 0 Å². The summed E-state index contributed by atoms with van der Waals surface area (Å²) >= 11 is 0. The van der Waals surface area contributed by atoms with Crippen LogP contribution in [0.2, 0.25) is 0 Å². The van der Waals surface area contributed by atoms with Crippen LogP contribution in [0.15, 0.2) is 0 Å². The normalized spacial score (nSPS) is 39.5. The van der Waals surface area contributed by atoms with Gasteiger partial charge in [0, 0.05) is 12.8 Å². The molecule has 2 saturated heterocycles. The molecule has 202 valence electrons. The first-order valence-electron chi connectivity index (χ1n) is 10.2. The highest BCUT2D eigenvalue weighted by Crippen LogP contribution is 2.35. The lowest BCUT2D eigenvalue weighted by Gasteiger charge is -2.45. The standard InChI is InChI=1S/C18H28O17/c19-3-8(22)13-11(26)6(20)1-17(34-13,15(28)29)32-4-9(23)14-12(27)7(21)2-18(35-14,16(30)31)33-5-10(24)25/h6-9,11-14,19-23,26-27H,1-5H2,(H,24,25)(H,28,29)(H,30,31)/t6-,7-,8-,9-,11-,12-,13-,14-,17-,18-/m1/s1. The summed E-state index contributed by atoms with van der Waals surface area (Å²) in [5.74, 6) is -10.9. The molecule has 2 aliphatic rings. The molecule has 0 aromatic carbocycles. The van der Waals surface area contributed by atoms with Gasteiger partial charge >= 0.3 is 17.9 Å². The molecule has 0 amide bonds. The Morgan fingerprint density at radius 3 is 1.63 bits per heavy atom. The molecular weight excluding hydrogens is 488 g/mol. The quantitative estimate of drug-likeness (QED) is 0.122. The van der Waals surface area contributed by atoms with Gasteiger partial charge in [-0.3, -0.25) is 0 Å². The van der Waals surface area contributed by atoms with Gasteiger partial charge in [-0.25, -0.2) is 14.4 Å². The van der Waals surface area contributed by atoms with E-state index in [0.717, 1.165) is 0 Å². The van der Waals surface area contributed by atoms with E-state index in [1.165, 1.54) is 0 Å². The Balaban J connectivity index is 2.23. The van der Waals surface area contributed by atoms with Gasteiger partial charge in [0.2, 0.25) is 0 Å². The van der Waals surface area contributed by atoms with Gasteiger partial charge in [-0.05, 0) is 0 Å². The van der Waals surface area contributed by atoms with Crippen molar-refractivity contribution in [3.8, 4) is 0 Å². The Hall–Kier alpha value is -2.03. The molecule has 2 rings (SSSR count). The number of hydrogen-bond donors (Lipinski definition) is 10. The summed E-state index contributed by atoms with van der Waals surface area (Å²) in [5.41, 5.74) is 0. The van der Waals surface area contributed by atoms with Crippen LogP contribution < -0.4 is 0 Å². The second-order valence-electron chi connectivity index (χ2n) is 8.12. The van der Waals surface area contributed by atoms with E-state index < -0.39 is 111 Å². The maximum absolute atomic E-state index is 11.9. The second kappa shape index (κ2) is 11.4. The topological polar surface area (TPSA) is 290 Å². The van der Waals surface area contributed by atoms with Gasteiger partial charge in [0.05, 0.1) is 25.4 Å². The first-order chi connectivity index (χ1) is 16.2. The zero-order valence-corrected chi connectivity index (χ0v) is 18.0. The van der Waals surface area contributed by atoms with Crippen LogP contribution in [0.4, 0.5) is 0 Å². The molecule has 0 radical (unpaired) electrons. The van der Waals surface area contributed by atoms with Gasteiger partial charge in [-0.2, -0.15) is 0 Å². The second-order valence-corrected chi connectivity index (χ2v) is 8.12. The Bertz CT molecular complexity index is 776. The first-order valence-corrected chi connectivity index (χ1v) is 10.2. The minimum absolute atomic E-state index is 0.914. The van der Waals surface area contributed by atoms with E-state index in [-0.39, 0.29) is 0 Å². The summed E-state index contributed by atoms with van der Waals surface area (Å²) in [5, 5.41) is 97.5. The highest BCUT2D eigenvalue weighted by atomic mass is 16.7. The van der Waals surface area contributed by atoms with Gasteiger partial charge in [0.25, 0.3) is 11.6 Å². The van der Waals surface area contributed by atoms with Gasteiger partial charge in [0.15, 0.2) is 0 Å². The van der Waals surface area contributed by atoms with Crippen LogP contribution in [-0.4, -0.2) is 149 Å². The third kappa shape index (κ3) is 6.22. The van der Waals surface area contributed by atoms with Crippen molar-refractivity contribution in [2.24, 2.45) is 0 Å². The zero-order chi connectivity index (χ0) is 26.7. The lowest BCUT2D eigenvalue weighted by Crippen LogP contribution is -2.65. The third-order valence-electron chi connectivity index (χ3n) is 5.58. The van der Waals surface area contributed by atoms with Crippen molar-refractivity contribution in [3.63, 3.8) is 0 Å². The van der Waals surface area contributed by atoms with E-state index in [9.17, 15) is 55.2 Å². The molecule has 10 N–H and O–H groups in total. The average molecular weight is 516 g/mol. The number of rotatable bonds is 11. The SMILES string of the molecule is O=C(O)CO[C@]1(C(=O)O)C[C@@H](O)[C@@H](O)[C@@H]([C@H](O)CO[C@]2(C(=O)O)C[C@@H](O)[C@@H](O)[C@@H]([C@H](O)CO)O2)O1. The number of hydrogen-bond acceptors (Lipinski definition) is 14. The molecule has 0 aliphatic carbocycles. The van der Waals surface area contributed by atoms with E-state index in [4.69, 9.17) is 29.2 Å². The fourth-order valence-corrected chi connectivity index (χ4v) is 3.70. The molecule has 2 heterocycles. The van der Waals surface area contributed by atoms with E-state index in [2.05, 4.69) is 0 Å². The fraction of sp³-hybridized carbons (Fsp3) is 0.833. The maximum Gasteiger partial charge on any atom is 0.364 e. The summed E-state index contributed by atoms with van der Waals surface area (Å²) in [6.45, 7) is -3.26. The molecule has 35 heavy (non-hydrogen) atoms. The number of aliphatic hydroxyl groups excluding tert-OH is 7. The minimum atomic E-state index is -2.80. The van der Waals surface area contributed by atoms with Crippen molar-refractivity contribution in [2.75, 3.05) is 19.8 Å². The van der Waals surface area contributed by atoms with E-state index in [1.807, 2.05) is 0 Å². The predicted molar refractivity (Wildman–Crippen MR) is 102 cm³/mol. The number of aliphatic carboxylic acids is 3. The smallest absolute Gasteiger partial charge is 0.364 e. The molecule has 0 bridgehead atoms. The van der Waals surface area contributed by atoms with E-state index in [1.54, 1.807) is 0 Å². The number of carboxylic acids is 3. The summed E-state index contributed by atoms with van der Waals surface area (Å²) in [7, 11) is 0. The van der Waals surface area contributed by atoms with Crippen molar-refractivity contribution in [3.05, 3.63) is 0 Å². The van der Waals surface area contributed by atoms with Crippen LogP contribution in [-0.2, 0) is 33.3 Å². The van der Waals surface area contributed by atoms with Crippen LogP contribution in [0.3, 0.4) is 0 Å². The van der Waals surface area contributed by atoms with Gasteiger partial charge in [-0.1, -0.05) is 0 Å². The minimum Gasteiger partial charge on any atom is -0.480 e. The van der Waals surface area contributed by atoms with Crippen molar-refractivity contribution in [1.82, 2.24) is 0 Å². The Labute approximate surface area is 196 Å².